The average Bonchev–Trinajstić information content (AvgIpc) is 2.17. The van der Waals surface area contributed by atoms with E-state index in [1.165, 1.54) is 5.57 Å². The smallest absolute Gasteiger partial charge is 0.0453 e. The third-order valence-corrected chi connectivity index (χ3v) is 2.65. The van der Waals surface area contributed by atoms with Crippen LogP contribution in [0.25, 0.3) is 0 Å². The van der Waals surface area contributed by atoms with Crippen molar-refractivity contribution in [3.63, 3.8) is 0 Å². The standard InChI is InChI=1S/C13H18ClN/c1-10(2)8-9-15-11(3)12-6-4-5-7-13(12)14/h4-8,11,15H,9H2,1-3H3. The van der Waals surface area contributed by atoms with Gasteiger partial charge in [0.15, 0.2) is 0 Å². The van der Waals surface area contributed by atoms with Crippen molar-refractivity contribution in [3.8, 4) is 0 Å². The molecule has 0 fully saturated rings. The number of hydrogen-bond donors (Lipinski definition) is 1. The largest absolute Gasteiger partial charge is 0.307 e. The van der Waals surface area contributed by atoms with Gasteiger partial charge in [-0.2, -0.15) is 0 Å². The molecular formula is C13H18ClN. The van der Waals surface area contributed by atoms with Crippen molar-refractivity contribution in [2.45, 2.75) is 26.8 Å². The Hall–Kier alpha value is -0.790. The van der Waals surface area contributed by atoms with E-state index in [0.717, 1.165) is 17.1 Å². The van der Waals surface area contributed by atoms with Crippen molar-refractivity contribution in [2.75, 3.05) is 6.54 Å². The summed E-state index contributed by atoms with van der Waals surface area (Å²) in [6.07, 6.45) is 2.17. The first-order valence-electron chi connectivity index (χ1n) is 5.22. The van der Waals surface area contributed by atoms with Crippen molar-refractivity contribution < 1.29 is 0 Å². The maximum Gasteiger partial charge on any atom is 0.0453 e. The Morgan fingerprint density at radius 1 is 1.40 bits per heavy atom. The maximum absolute atomic E-state index is 6.11. The van der Waals surface area contributed by atoms with Crippen LogP contribution < -0.4 is 5.32 Å². The van der Waals surface area contributed by atoms with Crippen molar-refractivity contribution in [3.05, 3.63) is 46.5 Å². The molecular weight excluding hydrogens is 206 g/mol. The summed E-state index contributed by atoms with van der Waals surface area (Å²) in [6.45, 7) is 7.21. The Morgan fingerprint density at radius 3 is 2.67 bits per heavy atom. The molecule has 1 rings (SSSR count). The minimum Gasteiger partial charge on any atom is -0.307 e. The number of hydrogen-bond acceptors (Lipinski definition) is 1. The van der Waals surface area contributed by atoms with Crippen molar-refractivity contribution in [1.29, 1.82) is 0 Å². The quantitative estimate of drug-likeness (QED) is 0.762. The fourth-order valence-electron chi connectivity index (χ4n) is 1.38. The van der Waals surface area contributed by atoms with Gasteiger partial charge in [-0.1, -0.05) is 41.4 Å². The Morgan fingerprint density at radius 2 is 2.07 bits per heavy atom. The van der Waals surface area contributed by atoms with Crippen molar-refractivity contribution in [1.82, 2.24) is 5.32 Å². The molecule has 0 amide bonds. The summed E-state index contributed by atoms with van der Waals surface area (Å²) in [5, 5.41) is 4.24. The zero-order valence-electron chi connectivity index (χ0n) is 9.55. The molecule has 0 aliphatic heterocycles. The Bertz CT molecular complexity index is 340. The van der Waals surface area contributed by atoms with Gasteiger partial charge in [0, 0.05) is 17.6 Å². The van der Waals surface area contributed by atoms with E-state index in [9.17, 15) is 0 Å². The predicted molar refractivity (Wildman–Crippen MR) is 67.3 cm³/mol. The summed E-state index contributed by atoms with van der Waals surface area (Å²) in [7, 11) is 0. The molecule has 1 unspecified atom stereocenters. The van der Waals surface area contributed by atoms with Crippen LogP contribution in [0.15, 0.2) is 35.9 Å². The van der Waals surface area contributed by atoms with E-state index in [1.807, 2.05) is 18.2 Å². The molecule has 0 spiro atoms. The van der Waals surface area contributed by atoms with Crippen LogP contribution in [-0.4, -0.2) is 6.54 Å². The van der Waals surface area contributed by atoms with E-state index < -0.39 is 0 Å². The lowest BCUT2D eigenvalue weighted by atomic mass is 10.1. The average molecular weight is 224 g/mol. The Balaban J connectivity index is 2.58. The number of rotatable bonds is 4. The maximum atomic E-state index is 6.11. The second kappa shape index (κ2) is 5.94. The van der Waals surface area contributed by atoms with Gasteiger partial charge in [0.05, 0.1) is 0 Å². The molecule has 0 aromatic heterocycles. The Kier molecular flexibility index (Phi) is 4.86. The normalized spacial score (nSPS) is 12.3. The summed E-state index contributed by atoms with van der Waals surface area (Å²) in [5.74, 6) is 0. The van der Waals surface area contributed by atoms with Gasteiger partial charge in [0.2, 0.25) is 0 Å². The molecule has 0 aliphatic rings. The SMILES string of the molecule is CC(C)=CCNC(C)c1ccccc1Cl. The molecule has 1 nitrogen and oxygen atoms in total. The van der Waals surface area contributed by atoms with Crippen LogP contribution in [0, 0.1) is 0 Å². The second-order valence-electron chi connectivity index (χ2n) is 3.93. The van der Waals surface area contributed by atoms with E-state index in [2.05, 4.69) is 38.2 Å². The number of nitrogens with one attached hydrogen (secondary N) is 1. The first-order chi connectivity index (χ1) is 7.11. The van der Waals surface area contributed by atoms with Crippen molar-refractivity contribution in [2.24, 2.45) is 0 Å². The molecule has 1 atom stereocenters. The minimum atomic E-state index is 0.286. The summed E-state index contributed by atoms with van der Waals surface area (Å²) >= 11 is 6.11. The van der Waals surface area contributed by atoms with Gasteiger partial charge in [-0.3, -0.25) is 0 Å². The molecule has 0 aliphatic carbocycles. The summed E-state index contributed by atoms with van der Waals surface area (Å²) in [6, 6.07) is 8.24. The number of allylic oxidation sites excluding steroid dienone is 1. The lowest BCUT2D eigenvalue weighted by molar-refractivity contribution is 0.616. The van der Waals surface area contributed by atoms with Crippen LogP contribution in [0.1, 0.15) is 32.4 Å². The lowest BCUT2D eigenvalue weighted by Crippen LogP contribution is -2.18. The highest BCUT2D eigenvalue weighted by molar-refractivity contribution is 6.31. The van der Waals surface area contributed by atoms with Crippen LogP contribution >= 0.6 is 11.6 Å². The molecule has 15 heavy (non-hydrogen) atoms. The third kappa shape index (κ3) is 4.06. The number of halogens is 1. The van der Waals surface area contributed by atoms with Crippen LogP contribution in [0.2, 0.25) is 5.02 Å². The van der Waals surface area contributed by atoms with E-state index in [1.54, 1.807) is 0 Å². The van der Waals surface area contributed by atoms with Gasteiger partial charge in [0.25, 0.3) is 0 Å². The fraction of sp³-hybridized carbons (Fsp3) is 0.385. The minimum absolute atomic E-state index is 0.286. The van der Waals surface area contributed by atoms with Gasteiger partial charge in [0.1, 0.15) is 0 Å². The highest BCUT2D eigenvalue weighted by atomic mass is 35.5. The highest BCUT2D eigenvalue weighted by Gasteiger charge is 2.06. The monoisotopic (exact) mass is 223 g/mol. The molecule has 0 saturated heterocycles. The van der Waals surface area contributed by atoms with Gasteiger partial charge >= 0.3 is 0 Å². The number of benzene rings is 1. The van der Waals surface area contributed by atoms with Gasteiger partial charge in [-0.15, -0.1) is 0 Å². The van der Waals surface area contributed by atoms with Crippen LogP contribution in [0.3, 0.4) is 0 Å². The molecule has 1 aromatic rings. The first kappa shape index (κ1) is 12.3. The van der Waals surface area contributed by atoms with Crippen LogP contribution in [0.4, 0.5) is 0 Å². The predicted octanol–water partition coefficient (Wildman–Crippen LogP) is 3.96. The molecule has 0 radical (unpaired) electrons. The van der Waals surface area contributed by atoms with E-state index in [0.29, 0.717) is 0 Å². The van der Waals surface area contributed by atoms with E-state index in [4.69, 9.17) is 11.6 Å². The van der Waals surface area contributed by atoms with Crippen LogP contribution in [0.5, 0.6) is 0 Å². The fourth-order valence-corrected chi connectivity index (χ4v) is 1.68. The summed E-state index contributed by atoms with van der Waals surface area (Å²) < 4.78 is 0. The second-order valence-corrected chi connectivity index (χ2v) is 4.34. The third-order valence-electron chi connectivity index (χ3n) is 2.31. The molecule has 1 N–H and O–H groups in total. The highest BCUT2D eigenvalue weighted by Crippen LogP contribution is 2.21. The lowest BCUT2D eigenvalue weighted by Gasteiger charge is -2.14. The molecule has 0 bridgehead atoms. The van der Waals surface area contributed by atoms with Gasteiger partial charge < -0.3 is 5.32 Å². The summed E-state index contributed by atoms with van der Waals surface area (Å²) in [5.41, 5.74) is 2.48. The molecule has 2 heteroatoms. The molecule has 0 saturated carbocycles. The topological polar surface area (TPSA) is 12.0 Å². The van der Waals surface area contributed by atoms with Gasteiger partial charge in [-0.05, 0) is 32.4 Å². The summed E-state index contributed by atoms with van der Waals surface area (Å²) in [4.78, 5) is 0. The van der Waals surface area contributed by atoms with Crippen LogP contribution in [-0.2, 0) is 0 Å². The van der Waals surface area contributed by atoms with Gasteiger partial charge in [-0.25, -0.2) is 0 Å². The van der Waals surface area contributed by atoms with E-state index >= 15 is 0 Å². The molecule has 1 aromatic carbocycles. The first-order valence-corrected chi connectivity index (χ1v) is 5.60. The molecule has 0 heterocycles. The Labute approximate surface area is 97.1 Å². The van der Waals surface area contributed by atoms with E-state index in [-0.39, 0.29) is 6.04 Å². The zero-order valence-corrected chi connectivity index (χ0v) is 10.3. The zero-order chi connectivity index (χ0) is 11.3. The molecule has 82 valence electrons. The van der Waals surface area contributed by atoms with Crippen molar-refractivity contribution >= 4 is 11.6 Å².